The molecule has 70 heavy (non-hydrogen) atoms. The van der Waals surface area contributed by atoms with Crippen LogP contribution in [-0.4, -0.2) is 19.5 Å². The van der Waals surface area contributed by atoms with Crippen LogP contribution in [0.2, 0.25) is 0 Å². The normalized spacial score (nSPS) is 11.4. The van der Waals surface area contributed by atoms with Gasteiger partial charge in [-0.2, -0.15) is 9.97 Å². The van der Waals surface area contributed by atoms with Crippen LogP contribution in [0.1, 0.15) is 0 Å². The van der Waals surface area contributed by atoms with Crippen molar-refractivity contribution in [1.29, 1.82) is 0 Å². The zero-order chi connectivity index (χ0) is 46.4. The Labute approximate surface area is 405 Å². The molecule has 0 saturated carbocycles. The molecule has 0 unspecified atom stereocenters. The summed E-state index contributed by atoms with van der Waals surface area (Å²) in [5, 5.41) is 7.04. The zero-order valence-corrected chi connectivity index (χ0v) is 38.1. The van der Waals surface area contributed by atoms with Crippen LogP contribution in [0.25, 0.3) is 105 Å². The Morgan fingerprint density at radius 2 is 0.671 bits per heavy atom. The van der Waals surface area contributed by atoms with E-state index in [-0.39, 0.29) is 0 Å². The molecule has 13 rings (SSSR count). The van der Waals surface area contributed by atoms with Crippen LogP contribution in [-0.2, 0) is 0 Å². The molecular weight excluding hydrogens is 851 g/mol. The number of fused-ring (bicyclic) bond motifs is 5. The van der Waals surface area contributed by atoms with Crippen molar-refractivity contribution in [1.82, 2.24) is 19.5 Å². The van der Waals surface area contributed by atoms with Crippen molar-refractivity contribution >= 4 is 60.4 Å². The molecule has 0 aliphatic heterocycles. The first-order valence-electron chi connectivity index (χ1n) is 23.7. The average Bonchev–Trinajstić information content (AvgIpc) is 3.76. The Kier molecular flexibility index (Phi) is 10.1. The molecule has 0 radical (unpaired) electrons. The summed E-state index contributed by atoms with van der Waals surface area (Å²) < 4.78 is 2.24. The number of aromatic nitrogens is 4. The summed E-state index contributed by atoms with van der Waals surface area (Å²) in [6.45, 7) is 0. The molecule has 5 nitrogen and oxygen atoms in total. The van der Waals surface area contributed by atoms with E-state index in [9.17, 15) is 0 Å². The first kappa shape index (κ1) is 40.8. The van der Waals surface area contributed by atoms with Gasteiger partial charge in [-0.1, -0.05) is 206 Å². The summed E-state index contributed by atoms with van der Waals surface area (Å²) in [5.74, 6) is 1.75. The van der Waals surface area contributed by atoms with Crippen LogP contribution in [0.3, 0.4) is 0 Å². The van der Waals surface area contributed by atoms with Crippen LogP contribution in [0.5, 0.6) is 0 Å². The fourth-order valence-electron chi connectivity index (χ4n) is 9.88. The van der Waals surface area contributed by atoms with Crippen molar-refractivity contribution < 1.29 is 0 Å². The van der Waals surface area contributed by atoms with Crippen molar-refractivity contribution in [2.24, 2.45) is 0 Å². The standard InChI is InChI=1S/C65H43N5/c1-4-15-44(16-5-1)47-31-34-56(35-32-47)69(57-26-14-25-52(41-57)53-29-27-45-17-10-12-23-50(45)39-53)58-36-38-60-59-37-33-55(54-30-28-46-18-11-13-24-51(46)40-54)42-61(59)70(62(60)43-58)65-67-63(48-19-6-2-7-20-48)66-64(68-65)49-21-8-3-9-22-49/h1-43H. The summed E-state index contributed by atoms with van der Waals surface area (Å²) in [5.41, 5.74) is 13.8. The fraction of sp³-hybridized carbons (Fsp3) is 0. The second kappa shape index (κ2) is 17.3. The van der Waals surface area contributed by atoms with Gasteiger partial charge >= 0.3 is 0 Å². The molecule has 0 atom stereocenters. The van der Waals surface area contributed by atoms with Crippen LogP contribution < -0.4 is 4.90 Å². The number of anilines is 3. The predicted octanol–water partition coefficient (Wildman–Crippen LogP) is 17.1. The lowest BCUT2D eigenvalue weighted by Gasteiger charge is -2.26. The van der Waals surface area contributed by atoms with E-state index in [4.69, 9.17) is 15.0 Å². The third-order valence-corrected chi connectivity index (χ3v) is 13.4. The molecule has 11 aromatic carbocycles. The Hall–Kier alpha value is -9.45. The Morgan fingerprint density at radius 1 is 0.257 bits per heavy atom. The third-order valence-electron chi connectivity index (χ3n) is 13.4. The maximum Gasteiger partial charge on any atom is 0.238 e. The van der Waals surface area contributed by atoms with Gasteiger partial charge in [0.25, 0.3) is 0 Å². The summed E-state index contributed by atoms with van der Waals surface area (Å²) in [4.78, 5) is 18.1. The highest BCUT2D eigenvalue weighted by atomic mass is 15.2. The average molecular weight is 894 g/mol. The van der Waals surface area contributed by atoms with Gasteiger partial charge in [-0.05, 0) is 110 Å². The lowest BCUT2D eigenvalue weighted by atomic mass is 10.00. The monoisotopic (exact) mass is 893 g/mol. The van der Waals surface area contributed by atoms with Crippen molar-refractivity contribution in [3.8, 4) is 62.1 Å². The van der Waals surface area contributed by atoms with E-state index in [0.29, 0.717) is 17.6 Å². The van der Waals surface area contributed by atoms with Gasteiger partial charge in [-0.25, -0.2) is 4.98 Å². The SMILES string of the molecule is c1ccc(-c2ccc(N(c3cccc(-c4ccc5ccccc5c4)c3)c3ccc4c5ccc(-c6ccc7ccccc7c6)cc5n(-c5nc(-c6ccccc6)nc(-c6ccccc6)n5)c4c3)cc2)cc1. The highest BCUT2D eigenvalue weighted by Crippen LogP contribution is 2.42. The Bertz CT molecular complexity index is 3990. The molecule has 0 N–H and O–H groups in total. The van der Waals surface area contributed by atoms with Gasteiger partial charge in [0, 0.05) is 39.0 Å². The second-order valence-corrected chi connectivity index (χ2v) is 17.7. The zero-order valence-electron chi connectivity index (χ0n) is 38.1. The molecule has 0 spiro atoms. The molecular formula is C65H43N5. The van der Waals surface area contributed by atoms with Crippen LogP contribution in [0, 0.1) is 0 Å². The van der Waals surface area contributed by atoms with E-state index in [1.807, 2.05) is 36.4 Å². The largest absolute Gasteiger partial charge is 0.310 e. The summed E-state index contributed by atoms with van der Waals surface area (Å²) in [7, 11) is 0. The van der Waals surface area contributed by atoms with Crippen molar-refractivity contribution in [2.75, 3.05) is 4.90 Å². The predicted molar refractivity (Wildman–Crippen MR) is 291 cm³/mol. The van der Waals surface area contributed by atoms with E-state index >= 15 is 0 Å². The number of benzene rings is 11. The van der Waals surface area contributed by atoms with E-state index in [2.05, 4.69) is 234 Å². The first-order valence-corrected chi connectivity index (χ1v) is 23.7. The number of nitrogens with zero attached hydrogens (tertiary/aromatic N) is 5. The minimum atomic E-state index is 0.539. The topological polar surface area (TPSA) is 46.8 Å². The van der Waals surface area contributed by atoms with Gasteiger partial charge < -0.3 is 4.90 Å². The van der Waals surface area contributed by atoms with E-state index in [1.54, 1.807) is 0 Å². The first-order chi connectivity index (χ1) is 34.7. The van der Waals surface area contributed by atoms with Crippen LogP contribution >= 0.6 is 0 Å². The maximum absolute atomic E-state index is 5.34. The van der Waals surface area contributed by atoms with Gasteiger partial charge in [-0.3, -0.25) is 4.57 Å². The molecule has 2 aromatic heterocycles. The quantitative estimate of drug-likeness (QED) is 0.145. The van der Waals surface area contributed by atoms with Gasteiger partial charge in [0.1, 0.15) is 0 Å². The molecule has 0 fully saturated rings. The lowest BCUT2D eigenvalue weighted by molar-refractivity contribution is 0.953. The second-order valence-electron chi connectivity index (χ2n) is 17.7. The molecule has 0 saturated heterocycles. The van der Waals surface area contributed by atoms with E-state index in [1.165, 1.54) is 27.1 Å². The molecule has 0 amide bonds. The van der Waals surface area contributed by atoms with Crippen molar-refractivity contribution in [3.05, 3.63) is 261 Å². The summed E-state index contributed by atoms with van der Waals surface area (Å²) >= 11 is 0. The van der Waals surface area contributed by atoms with Crippen molar-refractivity contribution in [3.63, 3.8) is 0 Å². The minimum Gasteiger partial charge on any atom is -0.310 e. The number of rotatable bonds is 9. The molecule has 328 valence electrons. The van der Waals surface area contributed by atoms with Gasteiger partial charge in [0.2, 0.25) is 5.95 Å². The lowest BCUT2D eigenvalue weighted by Crippen LogP contribution is -2.10. The Morgan fingerprint density at radius 3 is 1.27 bits per heavy atom. The molecule has 0 aliphatic carbocycles. The highest BCUT2D eigenvalue weighted by molar-refractivity contribution is 6.11. The summed E-state index contributed by atoms with van der Waals surface area (Å²) in [6, 6.07) is 92.8. The van der Waals surface area contributed by atoms with Crippen LogP contribution in [0.15, 0.2) is 261 Å². The van der Waals surface area contributed by atoms with E-state index in [0.717, 1.165) is 77.8 Å². The van der Waals surface area contributed by atoms with Crippen molar-refractivity contribution in [2.45, 2.75) is 0 Å². The molecule has 0 bridgehead atoms. The minimum absolute atomic E-state index is 0.539. The number of hydrogen-bond acceptors (Lipinski definition) is 4. The van der Waals surface area contributed by atoms with Gasteiger partial charge in [-0.15, -0.1) is 0 Å². The molecule has 5 heteroatoms. The maximum atomic E-state index is 5.34. The number of hydrogen-bond donors (Lipinski definition) is 0. The fourth-order valence-corrected chi connectivity index (χ4v) is 9.88. The van der Waals surface area contributed by atoms with E-state index < -0.39 is 0 Å². The van der Waals surface area contributed by atoms with Crippen LogP contribution in [0.4, 0.5) is 17.1 Å². The van der Waals surface area contributed by atoms with Gasteiger partial charge in [0.15, 0.2) is 11.6 Å². The third kappa shape index (κ3) is 7.52. The summed E-state index contributed by atoms with van der Waals surface area (Å²) in [6.07, 6.45) is 0. The smallest absolute Gasteiger partial charge is 0.238 e. The molecule has 13 aromatic rings. The highest BCUT2D eigenvalue weighted by Gasteiger charge is 2.22. The Balaban J connectivity index is 1.05. The van der Waals surface area contributed by atoms with Gasteiger partial charge in [0.05, 0.1) is 11.0 Å². The molecule has 2 heterocycles. The molecule has 0 aliphatic rings.